The summed E-state index contributed by atoms with van der Waals surface area (Å²) in [5.74, 6) is 0. The van der Waals surface area contributed by atoms with E-state index in [9.17, 15) is 0 Å². The molecule has 0 aromatic heterocycles. The fourth-order valence-corrected chi connectivity index (χ4v) is 8.51. The third kappa shape index (κ3) is 10.0. The zero-order valence-corrected chi connectivity index (χ0v) is 21.2. The van der Waals surface area contributed by atoms with Crippen molar-refractivity contribution in [2.45, 2.75) is 177 Å². The smallest absolute Gasteiger partial charge is 0.0165 e. The first-order chi connectivity index (χ1) is 14.2. The number of unbranched alkanes of at least 4 members (excludes halogenated alkanes) is 12. The van der Waals surface area contributed by atoms with E-state index in [1.807, 2.05) is 0 Å². The van der Waals surface area contributed by atoms with Crippen LogP contribution in [0.3, 0.4) is 0 Å². The van der Waals surface area contributed by atoms with E-state index in [2.05, 4.69) is 25.6 Å². The van der Waals surface area contributed by atoms with Crippen molar-refractivity contribution < 1.29 is 0 Å². The van der Waals surface area contributed by atoms with Crippen LogP contribution in [0.4, 0.5) is 0 Å². The summed E-state index contributed by atoms with van der Waals surface area (Å²) >= 11 is 2.55. The van der Waals surface area contributed by atoms with Gasteiger partial charge in [0.05, 0.1) is 0 Å². The summed E-state index contributed by atoms with van der Waals surface area (Å²) in [5.41, 5.74) is 0. The van der Waals surface area contributed by atoms with Crippen LogP contribution in [0.25, 0.3) is 0 Å². The average Bonchev–Trinajstić information content (AvgIpc) is 3.37. The Balaban J connectivity index is 1.73. The Hall–Kier alpha value is 0.350. The summed E-state index contributed by atoms with van der Waals surface area (Å²) in [6, 6.07) is 0. The van der Waals surface area contributed by atoms with Crippen LogP contribution in [0, 0.1) is 0 Å². The molecule has 0 bridgehead atoms. The standard InChI is InChI=1S/C28H54S/c1-3-5-7-9-11-13-15-21-27(23-17-18-24-27)29-28(25-19-20-26-28)22-16-14-12-10-8-6-4-2/h3-26H2,1-2H3. The first kappa shape index (κ1) is 25.6. The van der Waals surface area contributed by atoms with E-state index in [0.29, 0.717) is 9.49 Å². The minimum atomic E-state index is 0.675. The molecule has 0 radical (unpaired) electrons. The van der Waals surface area contributed by atoms with Gasteiger partial charge in [0.1, 0.15) is 0 Å². The molecule has 0 aromatic carbocycles. The quantitative estimate of drug-likeness (QED) is 0.198. The van der Waals surface area contributed by atoms with E-state index in [1.54, 1.807) is 0 Å². The number of hydrogen-bond acceptors (Lipinski definition) is 1. The molecule has 2 fully saturated rings. The largest absolute Gasteiger partial charge is 0.148 e. The van der Waals surface area contributed by atoms with Gasteiger partial charge >= 0.3 is 0 Å². The van der Waals surface area contributed by atoms with Gasteiger partial charge in [-0.3, -0.25) is 0 Å². The van der Waals surface area contributed by atoms with E-state index >= 15 is 0 Å². The van der Waals surface area contributed by atoms with Crippen molar-refractivity contribution in [3.63, 3.8) is 0 Å². The molecule has 0 aromatic rings. The lowest BCUT2D eigenvalue weighted by molar-refractivity contribution is 0.466. The monoisotopic (exact) mass is 422 g/mol. The number of rotatable bonds is 18. The number of thioether (sulfide) groups is 1. The van der Waals surface area contributed by atoms with Crippen LogP contribution in [0.2, 0.25) is 0 Å². The van der Waals surface area contributed by atoms with Gasteiger partial charge in [-0.1, -0.05) is 129 Å². The van der Waals surface area contributed by atoms with Crippen molar-refractivity contribution in [2.75, 3.05) is 0 Å². The molecule has 0 nitrogen and oxygen atoms in total. The SMILES string of the molecule is CCCCCCCCCC1(SC2(CCCCCCCCC)CCCC2)CCCC1. The second-order valence-corrected chi connectivity index (χ2v) is 12.6. The van der Waals surface area contributed by atoms with E-state index in [4.69, 9.17) is 0 Å². The van der Waals surface area contributed by atoms with Crippen LogP contribution in [-0.2, 0) is 0 Å². The lowest BCUT2D eigenvalue weighted by Gasteiger charge is -2.40. The maximum Gasteiger partial charge on any atom is 0.0165 e. The average molecular weight is 423 g/mol. The van der Waals surface area contributed by atoms with Gasteiger partial charge in [-0.15, -0.1) is 11.8 Å². The molecule has 2 aliphatic rings. The lowest BCUT2D eigenvalue weighted by atomic mass is 9.96. The normalized spacial score (nSPS) is 20.5. The van der Waals surface area contributed by atoms with Crippen LogP contribution in [0.1, 0.15) is 168 Å². The van der Waals surface area contributed by atoms with Crippen LogP contribution >= 0.6 is 11.8 Å². The molecule has 2 saturated carbocycles. The Labute approximate surface area is 189 Å². The van der Waals surface area contributed by atoms with Crippen LogP contribution in [0.5, 0.6) is 0 Å². The van der Waals surface area contributed by atoms with Gasteiger partial charge in [0.15, 0.2) is 0 Å². The van der Waals surface area contributed by atoms with Crippen LogP contribution in [0.15, 0.2) is 0 Å². The van der Waals surface area contributed by atoms with Crippen LogP contribution in [-0.4, -0.2) is 9.49 Å². The highest BCUT2D eigenvalue weighted by molar-refractivity contribution is 8.02. The fraction of sp³-hybridized carbons (Fsp3) is 1.00. The lowest BCUT2D eigenvalue weighted by Crippen LogP contribution is -2.31. The molecule has 2 aliphatic carbocycles. The molecule has 0 aliphatic heterocycles. The van der Waals surface area contributed by atoms with Gasteiger partial charge in [0, 0.05) is 9.49 Å². The van der Waals surface area contributed by atoms with E-state index in [-0.39, 0.29) is 0 Å². The molecule has 0 spiro atoms. The predicted molar refractivity (Wildman–Crippen MR) is 135 cm³/mol. The Bertz CT molecular complexity index is 340. The summed E-state index contributed by atoms with van der Waals surface area (Å²) in [4.78, 5) is 0. The van der Waals surface area contributed by atoms with Gasteiger partial charge < -0.3 is 0 Å². The van der Waals surface area contributed by atoms with Crippen molar-refractivity contribution in [1.29, 1.82) is 0 Å². The third-order valence-electron chi connectivity index (χ3n) is 7.93. The molecule has 0 atom stereocenters. The second-order valence-electron chi connectivity index (χ2n) is 10.6. The van der Waals surface area contributed by atoms with Gasteiger partial charge in [0.25, 0.3) is 0 Å². The van der Waals surface area contributed by atoms with E-state index in [0.717, 1.165) is 0 Å². The van der Waals surface area contributed by atoms with Gasteiger partial charge in [-0.25, -0.2) is 0 Å². The maximum absolute atomic E-state index is 2.55. The minimum absolute atomic E-state index is 0.675. The van der Waals surface area contributed by atoms with Gasteiger partial charge in [-0.2, -0.15) is 0 Å². The van der Waals surface area contributed by atoms with E-state index in [1.165, 1.54) is 154 Å². The zero-order chi connectivity index (χ0) is 20.7. The molecular weight excluding hydrogens is 368 g/mol. The highest BCUT2D eigenvalue weighted by Crippen LogP contribution is 2.57. The summed E-state index contributed by atoms with van der Waals surface area (Å²) in [7, 11) is 0. The Morgan fingerprint density at radius 1 is 0.448 bits per heavy atom. The molecule has 0 N–H and O–H groups in total. The minimum Gasteiger partial charge on any atom is -0.148 e. The summed E-state index contributed by atoms with van der Waals surface area (Å²) in [6.45, 7) is 4.65. The molecule has 0 saturated heterocycles. The summed E-state index contributed by atoms with van der Waals surface area (Å²) in [6.07, 6.45) is 35.8. The molecule has 29 heavy (non-hydrogen) atoms. The highest BCUT2D eigenvalue weighted by Gasteiger charge is 2.44. The first-order valence-electron chi connectivity index (χ1n) is 13.9. The second kappa shape index (κ2) is 15.2. The Morgan fingerprint density at radius 3 is 1.10 bits per heavy atom. The molecular formula is C28H54S. The summed E-state index contributed by atoms with van der Waals surface area (Å²) < 4.78 is 1.35. The summed E-state index contributed by atoms with van der Waals surface area (Å²) in [5, 5.41) is 0. The van der Waals surface area contributed by atoms with Crippen molar-refractivity contribution in [3.8, 4) is 0 Å². The highest BCUT2D eigenvalue weighted by atomic mass is 32.2. The number of hydrogen-bond donors (Lipinski definition) is 0. The first-order valence-corrected chi connectivity index (χ1v) is 14.8. The van der Waals surface area contributed by atoms with Crippen molar-refractivity contribution in [1.82, 2.24) is 0 Å². The van der Waals surface area contributed by atoms with Crippen LogP contribution < -0.4 is 0 Å². The van der Waals surface area contributed by atoms with Crippen molar-refractivity contribution in [2.24, 2.45) is 0 Å². The molecule has 0 amide bonds. The van der Waals surface area contributed by atoms with Gasteiger partial charge in [-0.05, 0) is 38.5 Å². The van der Waals surface area contributed by atoms with Gasteiger partial charge in [0.2, 0.25) is 0 Å². The maximum atomic E-state index is 2.55. The Morgan fingerprint density at radius 2 is 0.759 bits per heavy atom. The third-order valence-corrected chi connectivity index (χ3v) is 10.0. The van der Waals surface area contributed by atoms with E-state index < -0.39 is 0 Å². The predicted octanol–water partition coefficient (Wildman–Crippen LogP) is 10.6. The molecule has 0 heterocycles. The molecule has 1 heteroatoms. The van der Waals surface area contributed by atoms with Crippen molar-refractivity contribution >= 4 is 11.8 Å². The topological polar surface area (TPSA) is 0 Å². The molecule has 2 rings (SSSR count). The molecule has 172 valence electrons. The zero-order valence-electron chi connectivity index (χ0n) is 20.4. The Kier molecular flexibility index (Phi) is 13.4. The fourth-order valence-electron chi connectivity index (χ4n) is 6.11. The molecule has 0 unspecified atom stereocenters. The van der Waals surface area contributed by atoms with Crippen molar-refractivity contribution in [3.05, 3.63) is 0 Å².